The summed E-state index contributed by atoms with van der Waals surface area (Å²) in [5.74, 6) is 1.05. The number of hydrogen-bond donors (Lipinski definition) is 1. The second-order valence-corrected chi connectivity index (χ2v) is 7.33. The molecule has 1 saturated heterocycles. The van der Waals surface area contributed by atoms with Gasteiger partial charge in [-0.2, -0.15) is 0 Å². The van der Waals surface area contributed by atoms with E-state index in [0.717, 1.165) is 38.1 Å². The van der Waals surface area contributed by atoms with Gasteiger partial charge in [-0.05, 0) is 42.5 Å². The molecule has 2 aromatic rings. The van der Waals surface area contributed by atoms with Crippen LogP contribution in [0.5, 0.6) is 5.75 Å². The topological polar surface area (TPSA) is 41.6 Å². The van der Waals surface area contributed by atoms with Gasteiger partial charge in [-0.15, -0.1) is 6.58 Å². The summed E-state index contributed by atoms with van der Waals surface area (Å²) in [4.78, 5) is 15.1. The van der Waals surface area contributed by atoms with Gasteiger partial charge in [0, 0.05) is 25.7 Å². The Bertz CT molecular complexity index is 758. The van der Waals surface area contributed by atoms with Crippen LogP contribution in [-0.4, -0.2) is 37.6 Å². The molecule has 1 heterocycles. The van der Waals surface area contributed by atoms with E-state index in [4.69, 9.17) is 4.74 Å². The Kier molecular flexibility index (Phi) is 7.26. The minimum absolute atomic E-state index is 0.0378. The van der Waals surface area contributed by atoms with Gasteiger partial charge >= 0.3 is 0 Å². The number of likely N-dealkylation sites (tertiary alicyclic amines) is 1. The number of nitrogens with zero attached hydrogens (tertiary/aromatic N) is 1. The molecular weight excluding hydrogens is 348 g/mol. The Morgan fingerprint density at radius 3 is 2.61 bits per heavy atom. The van der Waals surface area contributed by atoms with E-state index in [1.54, 1.807) is 7.11 Å². The van der Waals surface area contributed by atoms with Crippen molar-refractivity contribution in [1.29, 1.82) is 0 Å². The highest BCUT2D eigenvalue weighted by molar-refractivity contribution is 5.79. The first-order chi connectivity index (χ1) is 13.7. The maximum Gasteiger partial charge on any atom is 0.224 e. The van der Waals surface area contributed by atoms with E-state index < -0.39 is 0 Å². The number of rotatable bonds is 8. The molecule has 1 fully saturated rings. The summed E-state index contributed by atoms with van der Waals surface area (Å²) in [6.07, 6.45) is 4.67. The number of hydrogen-bond acceptors (Lipinski definition) is 3. The average Bonchev–Trinajstić information content (AvgIpc) is 2.75. The third-order valence-electron chi connectivity index (χ3n) is 5.47. The fourth-order valence-electron chi connectivity index (χ4n) is 3.94. The first-order valence-electron chi connectivity index (χ1n) is 10.0. The Morgan fingerprint density at radius 1 is 1.18 bits per heavy atom. The second kappa shape index (κ2) is 10.1. The normalized spacial score (nSPS) is 19.8. The summed E-state index contributed by atoms with van der Waals surface area (Å²) in [6, 6.07) is 18.9. The number of nitrogens with one attached hydrogen (secondary N) is 1. The summed E-state index contributed by atoms with van der Waals surface area (Å²) >= 11 is 0. The minimum Gasteiger partial charge on any atom is -0.497 e. The highest BCUT2D eigenvalue weighted by Gasteiger charge is 2.31. The Morgan fingerprint density at radius 2 is 1.93 bits per heavy atom. The second-order valence-electron chi connectivity index (χ2n) is 7.33. The highest BCUT2D eigenvalue weighted by Crippen LogP contribution is 2.33. The zero-order valence-corrected chi connectivity index (χ0v) is 16.6. The van der Waals surface area contributed by atoms with Crippen molar-refractivity contribution < 1.29 is 9.53 Å². The van der Waals surface area contributed by atoms with E-state index in [1.165, 1.54) is 11.1 Å². The quantitative estimate of drug-likeness (QED) is 0.706. The molecule has 148 valence electrons. The van der Waals surface area contributed by atoms with Crippen LogP contribution >= 0.6 is 0 Å². The van der Waals surface area contributed by atoms with Crippen molar-refractivity contribution in [2.75, 3.05) is 26.7 Å². The number of piperidine rings is 1. The highest BCUT2D eigenvalue weighted by atomic mass is 16.5. The summed E-state index contributed by atoms with van der Waals surface area (Å²) in [7, 11) is 1.66. The zero-order valence-electron chi connectivity index (χ0n) is 16.6. The van der Waals surface area contributed by atoms with Crippen molar-refractivity contribution in [1.82, 2.24) is 10.2 Å². The van der Waals surface area contributed by atoms with Gasteiger partial charge in [0.25, 0.3) is 0 Å². The molecule has 0 saturated carbocycles. The van der Waals surface area contributed by atoms with Gasteiger partial charge in [-0.25, -0.2) is 0 Å². The standard InChI is InChI=1S/C24H30N2O2/c1-3-17-26-18-21(11-14-23(26)20-7-5-4-6-8-20)24(27)25-16-15-19-9-12-22(28-2)13-10-19/h3-10,12-13,21,23H,1,11,14-18H2,2H3,(H,25,27)/t21-,23-/m1/s1. The zero-order chi connectivity index (χ0) is 19.8. The predicted octanol–water partition coefficient (Wildman–Crippen LogP) is 3.99. The van der Waals surface area contributed by atoms with Crippen LogP contribution in [0.2, 0.25) is 0 Å². The van der Waals surface area contributed by atoms with E-state index in [9.17, 15) is 4.79 Å². The van der Waals surface area contributed by atoms with Gasteiger partial charge in [-0.1, -0.05) is 48.5 Å². The SMILES string of the molecule is C=CCN1C[C@H](C(=O)NCCc2ccc(OC)cc2)CC[C@@H]1c1ccccc1. The first-order valence-corrected chi connectivity index (χ1v) is 10.0. The van der Waals surface area contributed by atoms with Crippen LogP contribution in [0.1, 0.15) is 30.0 Å². The molecule has 0 aliphatic carbocycles. The molecular formula is C24H30N2O2. The van der Waals surface area contributed by atoms with E-state index in [1.807, 2.05) is 36.4 Å². The summed E-state index contributed by atoms with van der Waals surface area (Å²) in [5.41, 5.74) is 2.52. The fraction of sp³-hybridized carbons (Fsp3) is 0.375. The third-order valence-corrected chi connectivity index (χ3v) is 5.47. The molecule has 2 aromatic carbocycles. The molecule has 0 aromatic heterocycles. The molecule has 4 heteroatoms. The lowest BCUT2D eigenvalue weighted by molar-refractivity contribution is -0.127. The molecule has 0 spiro atoms. The van der Waals surface area contributed by atoms with Crippen LogP contribution in [0, 0.1) is 5.92 Å². The lowest BCUT2D eigenvalue weighted by atomic mass is 9.88. The Balaban J connectivity index is 1.52. The molecule has 0 bridgehead atoms. The molecule has 0 unspecified atom stereocenters. The van der Waals surface area contributed by atoms with Crippen molar-refractivity contribution in [2.45, 2.75) is 25.3 Å². The van der Waals surface area contributed by atoms with Gasteiger partial charge in [0.2, 0.25) is 5.91 Å². The molecule has 3 rings (SSSR count). The first kappa shape index (κ1) is 20.2. The molecule has 1 aliphatic heterocycles. The number of carbonyl (C=O) groups is 1. The molecule has 0 radical (unpaired) electrons. The molecule has 1 amide bonds. The van der Waals surface area contributed by atoms with Crippen LogP contribution in [0.25, 0.3) is 0 Å². The maximum absolute atomic E-state index is 12.7. The number of ether oxygens (including phenoxy) is 1. The summed E-state index contributed by atoms with van der Waals surface area (Å²) in [5, 5.41) is 3.12. The van der Waals surface area contributed by atoms with Crippen molar-refractivity contribution >= 4 is 5.91 Å². The van der Waals surface area contributed by atoms with Crippen LogP contribution in [0.3, 0.4) is 0 Å². The van der Waals surface area contributed by atoms with E-state index >= 15 is 0 Å². The molecule has 28 heavy (non-hydrogen) atoms. The van der Waals surface area contributed by atoms with Gasteiger partial charge in [0.1, 0.15) is 5.75 Å². The number of carbonyl (C=O) groups excluding carboxylic acids is 1. The van der Waals surface area contributed by atoms with Crippen molar-refractivity contribution in [3.8, 4) is 5.75 Å². The van der Waals surface area contributed by atoms with Crippen molar-refractivity contribution in [2.24, 2.45) is 5.92 Å². The Hall–Kier alpha value is -2.59. The lowest BCUT2D eigenvalue weighted by Gasteiger charge is -2.39. The van der Waals surface area contributed by atoms with Crippen LogP contribution < -0.4 is 10.1 Å². The molecule has 4 nitrogen and oxygen atoms in total. The minimum atomic E-state index is 0.0378. The van der Waals surface area contributed by atoms with Gasteiger partial charge in [0.05, 0.1) is 13.0 Å². The number of methoxy groups -OCH3 is 1. The monoisotopic (exact) mass is 378 g/mol. The Labute approximate surface area is 168 Å². The largest absolute Gasteiger partial charge is 0.497 e. The molecule has 1 N–H and O–H groups in total. The average molecular weight is 379 g/mol. The van der Waals surface area contributed by atoms with Crippen LogP contribution in [0.4, 0.5) is 0 Å². The van der Waals surface area contributed by atoms with E-state index in [2.05, 4.69) is 41.1 Å². The number of benzene rings is 2. The predicted molar refractivity (Wildman–Crippen MR) is 113 cm³/mol. The molecule has 2 atom stereocenters. The van der Waals surface area contributed by atoms with E-state index in [0.29, 0.717) is 12.6 Å². The fourth-order valence-corrected chi connectivity index (χ4v) is 3.94. The van der Waals surface area contributed by atoms with Crippen LogP contribution in [0.15, 0.2) is 67.3 Å². The third kappa shape index (κ3) is 5.23. The molecule has 1 aliphatic rings. The van der Waals surface area contributed by atoms with Gasteiger partial charge in [-0.3, -0.25) is 9.69 Å². The maximum atomic E-state index is 12.7. The summed E-state index contributed by atoms with van der Waals surface area (Å²) in [6.45, 7) is 6.13. The van der Waals surface area contributed by atoms with Crippen molar-refractivity contribution in [3.05, 3.63) is 78.4 Å². The van der Waals surface area contributed by atoms with Gasteiger partial charge in [0.15, 0.2) is 0 Å². The summed E-state index contributed by atoms with van der Waals surface area (Å²) < 4.78 is 5.18. The smallest absolute Gasteiger partial charge is 0.224 e. The van der Waals surface area contributed by atoms with Gasteiger partial charge < -0.3 is 10.1 Å². The van der Waals surface area contributed by atoms with E-state index in [-0.39, 0.29) is 11.8 Å². The van der Waals surface area contributed by atoms with Crippen LogP contribution in [-0.2, 0) is 11.2 Å². The lowest BCUT2D eigenvalue weighted by Crippen LogP contribution is -2.44. The van der Waals surface area contributed by atoms with Crippen molar-refractivity contribution in [3.63, 3.8) is 0 Å². The number of amides is 1.